The normalized spacial score (nSPS) is 12.7. The van der Waals surface area contributed by atoms with Crippen LogP contribution in [0.4, 0.5) is 0 Å². The molecule has 0 saturated carbocycles. The summed E-state index contributed by atoms with van der Waals surface area (Å²) in [4.78, 5) is 24.6. The number of aliphatic hydroxyl groups excluding tert-OH is 2. The predicted octanol–water partition coefficient (Wildman–Crippen LogP) is 21.9. The van der Waals surface area contributed by atoms with Crippen LogP contribution in [-0.4, -0.2) is 47.4 Å². The molecule has 0 bridgehead atoms. The molecule has 0 rings (SSSR count). The summed E-state index contributed by atoms with van der Waals surface area (Å²) in [5, 5.41) is 23.2. The SMILES string of the molecule is CCCCCCCC/C=C\CCCCCCCC(=O)OCCCCCCCCCCCC/C=C\CCCCCCCCCC(=O)NC(CO)C(O)/C=C/CCCCCCCCCCCCCCCCCCCCCCC. The molecule has 6 nitrogen and oxygen atoms in total. The van der Waals surface area contributed by atoms with Crippen LogP contribution in [0.15, 0.2) is 36.5 Å². The van der Waals surface area contributed by atoms with E-state index in [4.69, 9.17) is 4.74 Å². The van der Waals surface area contributed by atoms with E-state index >= 15 is 0 Å². The minimum Gasteiger partial charge on any atom is -0.466 e. The van der Waals surface area contributed by atoms with Crippen molar-refractivity contribution in [3.63, 3.8) is 0 Å². The summed E-state index contributed by atoms with van der Waals surface area (Å²) in [6.45, 7) is 4.92. The molecule has 0 aliphatic heterocycles. The first-order chi connectivity index (χ1) is 37.5. The maximum Gasteiger partial charge on any atom is 0.305 e. The molecule has 1 amide bonds. The number of ether oxygens (including phenoxy) is 1. The summed E-state index contributed by atoms with van der Waals surface area (Å²) < 4.78 is 5.48. The lowest BCUT2D eigenvalue weighted by molar-refractivity contribution is -0.143. The Balaban J connectivity index is 3.45. The molecule has 76 heavy (non-hydrogen) atoms. The van der Waals surface area contributed by atoms with Gasteiger partial charge in [-0.15, -0.1) is 0 Å². The fourth-order valence-corrected chi connectivity index (χ4v) is 10.6. The maximum atomic E-state index is 12.5. The van der Waals surface area contributed by atoms with Gasteiger partial charge < -0.3 is 20.3 Å². The van der Waals surface area contributed by atoms with Crippen LogP contribution in [0.25, 0.3) is 0 Å². The topological polar surface area (TPSA) is 95.9 Å². The Kier molecular flexibility index (Phi) is 63.9. The van der Waals surface area contributed by atoms with Gasteiger partial charge in [-0.05, 0) is 83.5 Å². The van der Waals surface area contributed by atoms with Crippen LogP contribution < -0.4 is 5.32 Å². The number of hydrogen-bond donors (Lipinski definition) is 3. The molecule has 0 aliphatic carbocycles. The van der Waals surface area contributed by atoms with E-state index in [0.29, 0.717) is 19.4 Å². The zero-order valence-electron chi connectivity index (χ0n) is 51.3. The number of aliphatic hydroxyl groups is 2. The summed E-state index contributed by atoms with van der Waals surface area (Å²) in [5.41, 5.74) is 0. The van der Waals surface area contributed by atoms with E-state index in [1.165, 1.54) is 295 Å². The molecule has 448 valence electrons. The summed E-state index contributed by atoms with van der Waals surface area (Å²) in [6.07, 6.45) is 83.5. The molecule has 0 fully saturated rings. The lowest BCUT2D eigenvalue weighted by Gasteiger charge is -2.20. The third-order valence-electron chi connectivity index (χ3n) is 15.9. The number of unbranched alkanes of at least 4 members (excludes halogenated alkanes) is 49. The van der Waals surface area contributed by atoms with Gasteiger partial charge in [0.25, 0.3) is 0 Å². The highest BCUT2D eigenvalue weighted by molar-refractivity contribution is 5.76. The maximum absolute atomic E-state index is 12.5. The Bertz CT molecular complexity index is 1230. The quantitative estimate of drug-likeness (QED) is 0.0320. The van der Waals surface area contributed by atoms with Crippen molar-refractivity contribution in [2.75, 3.05) is 13.2 Å². The van der Waals surface area contributed by atoms with Crippen molar-refractivity contribution in [1.82, 2.24) is 5.32 Å². The Morgan fingerprint density at radius 3 is 0.934 bits per heavy atom. The molecule has 0 aliphatic rings. The molecule has 2 atom stereocenters. The molecule has 0 aromatic carbocycles. The number of rotatable bonds is 64. The molecular weight excluding hydrogens is 935 g/mol. The van der Waals surface area contributed by atoms with E-state index in [9.17, 15) is 19.8 Å². The zero-order valence-corrected chi connectivity index (χ0v) is 51.3. The number of carbonyl (C=O) groups is 2. The third-order valence-corrected chi connectivity index (χ3v) is 15.9. The minimum absolute atomic E-state index is 0.000153. The van der Waals surface area contributed by atoms with Crippen molar-refractivity contribution in [2.45, 2.75) is 386 Å². The number of amides is 1. The highest BCUT2D eigenvalue weighted by atomic mass is 16.5. The second-order valence-corrected chi connectivity index (χ2v) is 23.5. The summed E-state index contributed by atoms with van der Waals surface area (Å²) >= 11 is 0. The Labute approximate surface area is 474 Å². The van der Waals surface area contributed by atoms with Gasteiger partial charge in [0.2, 0.25) is 5.91 Å². The fourth-order valence-electron chi connectivity index (χ4n) is 10.6. The number of allylic oxidation sites excluding steroid dienone is 5. The minimum atomic E-state index is -0.851. The van der Waals surface area contributed by atoms with E-state index in [2.05, 4.69) is 43.5 Å². The van der Waals surface area contributed by atoms with E-state index in [-0.39, 0.29) is 18.5 Å². The molecule has 6 heteroatoms. The Morgan fingerprint density at radius 1 is 0.355 bits per heavy atom. The van der Waals surface area contributed by atoms with Crippen molar-refractivity contribution in [1.29, 1.82) is 0 Å². The first kappa shape index (κ1) is 74.1. The highest BCUT2D eigenvalue weighted by Gasteiger charge is 2.18. The smallest absolute Gasteiger partial charge is 0.305 e. The van der Waals surface area contributed by atoms with Gasteiger partial charge in [0.1, 0.15) is 0 Å². The van der Waals surface area contributed by atoms with Crippen LogP contribution in [0.1, 0.15) is 373 Å². The zero-order chi connectivity index (χ0) is 55.0. The average Bonchev–Trinajstić information content (AvgIpc) is 3.42. The van der Waals surface area contributed by atoms with Gasteiger partial charge in [-0.2, -0.15) is 0 Å². The summed E-state index contributed by atoms with van der Waals surface area (Å²) in [7, 11) is 0. The summed E-state index contributed by atoms with van der Waals surface area (Å²) in [5.74, 6) is -0.0723. The molecule has 0 saturated heterocycles. The van der Waals surface area contributed by atoms with Gasteiger partial charge in [-0.1, -0.05) is 314 Å². The van der Waals surface area contributed by atoms with Crippen LogP contribution in [-0.2, 0) is 14.3 Å². The van der Waals surface area contributed by atoms with E-state index < -0.39 is 12.1 Å². The average molecular weight is 1070 g/mol. The van der Waals surface area contributed by atoms with Crippen LogP contribution in [0, 0.1) is 0 Å². The van der Waals surface area contributed by atoms with Gasteiger partial charge >= 0.3 is 5.97 Å². The number of carbonyl (C=O) groups excluding carboxylic acids is 2. The molecule has 0 heterocycles. The monoisotopic (exact) mass is 1070 g/mol. The fraction of sp³-hybridized carbons (Fsp3) is 0.886. The van der Waals surface area contributed by atoms with Crippen LogP contribution in [0.2, 0.25) is 0 Å². The van der Waals surface area contributed by atoms with Crippen LogP contribution in [0.5, 0.6) is 0 Å². The Hall–Kier alpha value is -1.92. The van der Waals surface area contributed by atoms with Gasteiger partial charge in [0.05, 0.1) is 25.4 Å². The first-order valence-corrected chi connectivity index (χ1v) is 34.3. The molecule has 0 spiro atoms. The second kappa shape index (κ2) is 65.6. The third kappa shape index (κ3) is 61.3. The molecule has 3 N–H and O–H groups in total. The summed E-state index contributed by atoms with van der Waals surface area (Å²) in [6, 6.07) is -0.635. The lowest BCUT2D eigenvalue weighted by atomic mass is 10.0. The molecular formula is C70H133NO5. The Morgan fingerprint density at radius 2 is 0.618 bits per heavy atom. The van der Waals surface area contributed by atoms with Crippen molar-refractivity contribution in [3.05, 3.63) is 36.5 Å². The van der Waals surface area contributed by atoms with Gasteiger partial charge in [0, 0.05) is 12.8 Å². The van der Waals surface area contributed by atoms with Crippen molar-refractivity contribution < 1.29 is 24.5 Å². The van der Waals surface area contributed by atoms with Crippen LogP contribution in [0.3, 0.4) is 0 Å². The predicted molar refractivity (Wildman–Crippen MR) is 333 cm³/mol. The molecule has 0 radical (unpaired) electrons. The van der Waals surface area contributed by atoms with Gasteiger partial charge in [-0.3, -0.25) is 9.59 Å². The first-order valence-electron chi connectivity index (χ1n) is 34.3. The number of nitrogens with one attached hydrogen (secondary N) is 1. The van der Waals surface area contributed by atoms with Crippen molar-refractivity contribution in [3.8, 4) is 0 Å². The van der Waals surface area contributed by atoms with E-state index in [1.54, 1.807) is 6.08 Å². The number of hydrogen-bond acceptors (Lipinski definition) is 5. The molecule has 2 unspecified atom stereocenters. The lowest BCUT2D eigenvalue weighted by Crippen LogP contribution is -2.45. The molecule has 0 aromatic rings. The second-order valence-electron chi connectivity index (χ2n) is 23.5. The van der Waals surface area contributed by atoms with Crippen molar-refractivity contribution >= 4 is 11.9 Å². The largest absolute Gasteiger partial charge is 0.466 e. The standard InChI is InChI=1S/C70H133NO5/c1-3-5-7-9-11-13-15-17-19-20-21-22-23-25-28-31-35-38-42-46-50-54-58-62-68(73)67(66-72)71-69(74)63-59-55-51-47-43-39-36-32-29-26-24-27-30-33-37-41-45-49-53-57-61-65-76-70(75)64-60-56-52-48-44-40-34-18-16-14-12-10-8-6-4-2/h18,26,29,34,58,62,67-68,72-73H,3-17,19-25,27-28,30-33,35-57,59-61,63-66H2,1-2H3,(H,71,74)/b29-26-,34-18-,62-58+. The highest BCUT2D eigenvalue weighted by Crippen LogP contribution is 2.18. The van der Waals surface area contributed by atoms with E-state index in [1.807, 2.05) is 6.08 Å². The van der Waals surface area contributed by atoms with E-state index in [0.717, 1.165) is 51.4 Å². The number of esters is 1. The van der Waals surface area contributed by atoms with Gasteiger partial charge in [0.15, 0.2) is 0 Å². The van der Waals surface area contributed by atoms with Gasteiger partial charge in [-0.25, -0.2) is 0 Å². The molecule has 0 aromatic heterocycles. The van der Waals surface area contributed by atoms with Crippen LogP contribution >= 0.6 is 0 Å². The van der Waals surface area contributed by atoms with Crippen molar-refractivity contribution in [2.24, 2.45) is 0 Å².